The van der Waals surface area contributed by atoms with Crippen molar-refractivity contribution in [3.63, 3.8) is 0 Å². The molecule has 2 N–H and O–H groups in total. The Hall–Kier alpha value is -7.32. The standard InChI is InChI=1S/C60H54N2O6/c1-29(2)47-25-45(63)26-48(30(3)4)55(47)61-57(65)51-21-41-17-37-13-33-9-11-35-15-39-19-43-23-53-54(60(68)62(59(53)67)56-49(31(5)6)27-46(64)28-50(56)32(7)8)24-44(43)20-40(39)16-36(35)12-10-34(33)14-38(37)18-42(41)22-52(51)58(61)66/h9-32,37-40,63-64H,1-8H3/b11-9-,12-10-/t37-,38?,39+,40?. The molecule has 0 saturated carbocycles. The predicted octanol–water partition coefficient (Wildman–Crippen LogP) is 9.37. The monoisotopic (exact) mass is 898 g/mol. The molecule has 340 valence electrons. The van der Waals surface area contributed by atoms with Crippen molar-refractivity contribution in [1.82, 2.24) is 0 Å². The van der Waals surface area contributed by atoms with E-state index < -0.39 is 0 Å². The number of anilines is 2. The van der Waals surface area contributed by atoms with E-state index in [1.165, 1.54) is 9.80 Å². The number of rotatable bonds is 6. The van der Waals surface area contributed by atoms with Gasteiger partial charge in [0.2, 0.25) is 0 Å². The van der Waals surface area contributed by atoms with Gasteiger partial charge in [-0.25, -0.2) is 9.80 Å². The Morgan fingerprint density at radius 2 is 0.574 bits per heavy atom. The lowest BCUT2D eigenvalue weighted by atomic mass is 9.75. The van der Waals surface area contributed by atoms with Crippen LogP contribution in [0.3, 0.4) is 0 Å². The Bertz CT molecular complexity index is 3050. The highest BCUT2D eigenvalue weighted by Gasteiger charge is 2.42. The molecule has 0 spiro atoms. The number of aromatic hydroxyl groups is 2. The van der Waals surface area contributed by atoms with E-state index in [1.807, 2.05) is 79.7 Å². The summed E-state index contributed by atoms with van der Waals surface area (Å²) in [5.74, 6) is -1.06. The molecule has 4 amide bonds. The van der Waals surface area contributed by atoms with Crippen molar-refractivity contribution in [2.24, 2.45) is 23.7 Å². The fourth-order valence-electron chi connectivity index (χ4n) is 11.3. The molecule has 0 fully saturated rings. The van der Waals surface area contributed by atoms with Crippen molar-refractivity contribution in [2.45, 2.75) is 79.1 Å². The van der Waals surface area contributed by atoms with E-state index in [0.29, 0.717) is 33.6 Å². The molecule has 4 atom stereocenters. The Balaban J connectivity index is 0.906. The highest BCUT2D eigenvalue weighted by Crippen LogP contribution is 2.44. The fourth-order valence-corrected chi connectivity index (χ4v) is 11.3. The average Bonchev–Trinajstić information content (AvgIpc) is 3.67. The number of phenols is 2. The number of hydrogen-bond acceptors (Lipinski definition) is 6. The van der Waals surface area contributed by atoms with Crippen LogP contribution in [0.25, 0.3) is 24.3 Å². The van der Waals surface area contributed by atoms with Crippen molar-refractivity contribution in [3.8, 4) is 11.5 Å². The number of nitrogens with zero attached hydrogens (tertiary/aromatic N) is 2. The maximum atomic E-state index is 14.3. The number of phenolic OH excluding ortho intramolecular Hbond substituents is 2. The first-order chi connectivity index (χ1) is 32.4. The summed E-state index contributed by atoms with van der Waals surface area (Å²) in [5.41, 5.74) is 10.2. The van der Waals surface area contributed by atoms with Crippen molar-refractivity contribution in [3.05, 3.63) is 185 Å². The molecule has 8 heteroatoms. The molecule has 68 heavy (non-hydrogen) atoms. The van der Waals surface area contributed by atoms with Crippen LogP contribution in [-0.2, 0) is 0 Å². The van der Waals surface area contributed by atoms with Crippen LogP contribution in [0.1, 0.15) is 143 Å². The third-order valence-corrected chi connectivity index (χ3v) is 14.8. The lowest BCUT2D eigenvalue weighted by Crippen LogP contribution is -2.34. The maximum Gasteiger partial charge on any atom is 0.266 e. The Morgan fingerprint density at radius 1 is 0.353 bits per heavy atom. The largest absolute Gasteiger partial charge is 0.508 e. The zero-order valence-corrected chi connectivity index (χ0v) is 39.6. The van der Waals surface area contributed by atoms with Gasteiger partial charge < -0.3 is 10.2 Å². The summed E-state index contributed by atoms with van der Waals surface area (Å²) in [6, 6.07) is 14.2. The molecule has 7 aliphatic rings. The molecule has 0 aromatic heterocycles. The van der Waals surface area contributed by atoms with Crippen LogP contribution in [0, 0.1) is 23.7 Å². The van der Waals surface area contributed by atoms with E-state index in [9.17, 15) is 29.4 Å². The number of carbonyl (C=O) groups excluding carboxylic acids is 4. The van der Waals surface area contributed by atoms with Crippen LogP contribution in [0.4, 0.5) is 11.4 Å². The SMILES string of the molecule is CC(C)c1cc(O)cc(C(C)C)c1N1C(=O)c2cc3c(cc2C1=O)=C[C@H]1C=C2/C=C\C4=C[C@H]5C=c6cc7c(cc6=CC5C=C4/C=C\C2=CC1C=3)C(=O)N(c1c(C(C)C)cc(O)cc1C(C)C)C7=O. The number of benzene rings is 4. The Labute approximate surface area is 396 Å². The molecule has 4 aromatic rings. The first-order valence-electron chi connectivity index (χ1n) is 24.0. The number of allylic oxidation sites excluding steroid dienone is 12. The van der Waals surface area contributed by atoms with Crippen LogP contribution in [0.5, 0.6) is 11.5 Å². The lowest BCUT2D eigenvalue weighted by Gasteiger charge is -2.28. The molecule has 2 heterocycles. The van der Waals surface area contributed by atoms with E-state index in [-0.39, 0.29) is 82.5 Å². The van der Waals surface area contributed by atoms with Crippen molar-refractivity contribution >= 4 is 59.3 Å². The number of carbonyl (C=O) groups is 4. The molecular formula is C60H54N2O6. The minimum absolute atomic E-state index is 0.0293. The number of amides is 4. The summed E-state index contributed by atoms with van der Waals surface area (Å²) in [5, 5.41) is 24.9. The van der Waals surface area contributed by atoms with E-state index >= 15 is 0 Å². The summed E-state index contributed by atoms with van der Waals surface area (Å²) in [4.78, 5) is 59.7. The highest BCUT2D eigenvalue weighted by molar-refractivity contribution is 6.36. The molecular weight excluding hydrogens is 845 g/mol. The van der Waals surface area contributed by atoms with E-state index in [2.05, 4.69) is 72.9 Å². The van der Waals surface area contributed by atoms with Gasteiger partial charge in [-0.2, -0.15) is 0 Å². The van der Waals surface area contributed by atoms with Crippen LogP contribution in [-0.4, -0.2) is 33.8 Å². The third kappa shape index (κ3) is 6.70. The van der Waals surface area contributed by atoms with E-state index in [1.54, 1.807) is 24.3 Å². The summed E-state index contributed by atoms with van der Waals surface area (Å²) >= 11 is 0. The van der Waals surface area contributed by atoms with Crippen molar-refractivity contribution in [1.29, 1.82) is 0 Å². The van der Waals surface area contributed by atoms with Gasteiger partial charge in [0.1, 0.15) is 11.5 Å². The average molecular weight is 899 g/mol. The highest BCUT2D eigenvalue weighted by atomic mass is 16.3. The predicted molar refractivity (Wildman–Crippen MR) is 269 cm³/mol. The van der Waals surface area contributed by atoms with E-state index in [4.69, 9.17) is 0 Å². The maximum absolute atomic E-state index is 14.3. The normalized spacial score (nSPS) is 22.7. The minimum atomic E-state index is -0.344. The van der Waals surface area contributed by atoms with Crippen LogP contribution in [0.2, 0.25) is 0 Å². The van der Waals surface area contributed by atoms with Crippen LogP contribution in [0.15, 0.2) is 119 Å². The second-order valence-electron chi connectivity index (χ2n) is 20.6. The Morgan fingerprint density at radius 3 is 0.779 bits per heavy atom. The smallest absolute Gasteiger partial charge is 0.266 e. The van der Waals surface area contributed by atoms with Gasteiger partial charge in [-0.15, -0.1) is 0 Å². The molecule has 8 nitrogen and oxygen atoms in total. The van der Waals surface area contributed by atoms with Gasteiger partial charge in [-0.3, -0.25) is 19.2 Å². The lowest BCUT2D eigenvalue weighted by molar-refractivity contribution is 0.0909. The second kappa shape index (κ2) is 15.6. The zero-order valence-electron chi connectivity index (χ0n) is 39.6. The van der Waals surface area contributed by atoms with Gasteiger partial charge in [0.15, 0.2) is 0 Å². The number of hydrogen-bond donors (Lipinski definition) is 2. The minimum Gasteiger partial charge on any atom is -0.508 e. The molecule has 11 rings (SSSR count). The first kappa shape index (κ1) is 43.3. The fraction of sp³-hybridized carbons (Fsp3) is 0.267. The van der Waals surface area contributed by atoms with Gasteiger partial charge in [-0.1, -0.05) is 128 Å². The zero-order chi connectivity index (χ0) is 47.8. The molecule has 4 aromatic carbocycles. The molecule has 0 saturated heterocycles. The first-order valence-corrected chi connectivity index (χ1v) is 24.0. The Kier molecular flexibility index (Phi) is 9.94. The van der Waals surface area contributed by atoms with Crippen LogP contribution < -0.4 is 30.7 Å². The topological polar surface area (TPSA) is 115 Å². The summed E-state index contributed by atoms with van der Waals surface area (Å²) in [7, 11) is 0. The van der Waals surface area contributed by atoms with Crippen molar-refractivity contribution in [2.75, 3.05) is 9.80 Å². The summed E-state index contributed by atoms with van der Waals surface area (Å²) in [6.45, 7) is 16.0. The summed E-state index contributed by atoms with van der Waals surface area (Å²) < 4.78 is 0. The number of imide groups is 2. The molecule has 0 bridgehead atoms. The third-order valence-electron chi connectivity index (χ3n) is 14.8. The van der Waals surface area contributed by atoms with Crippen LogP contribution >= 0.6 is 0 Å². The van der Waals surface area contributed by atoms with Crippen molar-refractivity contribution < 1.29 is 29.4 Å². The molecule has 2 aliphatic heterocycles. The van der Waals surface area contributed by atoms with Gasteiger partial charge in [-0.05, 0) is 138 Å². The molecule has 2 unspecified atom stereocenters. The van der Waals surface area contributed by atoms with Gasteiger partial charge in [0.25, 0.3) is 23.6 Å². The number of fused-ring (bicyclic) bond motifs is 8. The van der Waals surface area contributed by atoms with Gasteiger partial charge in [0.05, 0.1) is 33.6 Å². The summed E-state index contributed by atoms with van der Waals surface area (Å²) in [6.07, 6.45) is 26.7. The van der Waals surface area contributed by atoms with Gasteiger partial charge in [0, 0.05) is 23.7 Å². The van der Waals surface area contributed by atoms with E-state index in [0.717, 1.165) is 65.4 Å². The molecule has 0 radical (unpaired) electrons. The quantitative estimate of drug-likeness (QED) is 0.187. The van der Waals surface area contributed by atoms with Gasteiger partial charge >= 0.3 is 0 Å². The second-order valence-corrected chi connectivity index (χ2v) is 20.6. The molecule has 5 aliphatic carbocycles.